The van der Waals surface area contributed by atoms with Crippen molar-refractivity contribution < 1.29 is 14.3 Å². The molecule has 1 aromatic rings. The molecule has 1 aliphatic rings. The van der Waals surface area contributed by atoms with Gasteiger partial charge in [0, 0.05) is 26.1 Å². The molecular weight excluding hydrogens is 244 g/mol. The summed E-state index contributed by atoms with van der Waals surface area (Å²) in [6.45, 7) is 2.68. The molecule has 0 bridgehead atoms. The normalized spacial score (nSPS) is 18.6. The number of carbonyl (C=O) groups is 1. The lowest BCUT2D eigenvalue weighted by atomic mass is 10.1. The summed E-state index contributed by atoms with van der Waals surface area (Å²) in [7, 11) is 3.09. The second kappa shape index (κ2) is 5.93. The van der Waals surface area contributed by atoms with Crippen LogP contribution in [-0.2, 0) is 9.47 Å². The van der Waals surface area contributed by atoms with Gasteiger partial charge >= 0.3 is 5.97 Å². The first-order chi connectivity index (χ1) is 9.15. The van der Waals surface area contributed by atoms with E-state index in [1.54, 1.807) is 19.2 Å². The van der Waals surface area contributed by atoms with Gasteiger partial charge in [-0.15, -0.1) is 0 Å². The SMILES string of the molecule is COCC1CCN(c2ccc(C(=O)OC)cc2N)C1. The molecule has 1 aliphatic heterocycles. The first kappa shape index (κ1) is 13.7. The summed E-state index contributed by atoms with van der Waals surface area (Å²) in [5, 5.41) is 0. The molecule has 0 spiro atoms. The van der Waals surface area contributed by atoms with Gasteiger partial charge in [-0.1, -0.05) is 0 Å². The minimum absolute atomic E-state index is 0.364. The zero-order valence-electron chi connectivity index (χ0n) is 11.4. The molecule has 2 rings (SSSR count). The van der Waals surface area contributed by atoms with E-state index < -0.39 is 0 Å². The van der Waals surface area contributed by atoms with Crippen molar-refractivity contribution in [2.45, 2.75) is 6.42 Å². The Morgan fingerprint density at radius 3 is 2.89 bits per heavy atom. The summed E-state index contributed by atoms with van der Waals surface area (Å²) in [6.07, 6.45) is 1.10. The van der Waals surface area contributed by atoms with Gasteiger partial charge in [-0.2, -0.15) is 0 Å². The van der Waals surface area contributed by atoms with Gasteiger partial charge < -0.3 is 20.1 Å². The second-order valence-corrected chi connectivity index (χ2v) is 4.82. The summed E-state index contributed by atoms with van der Waals surface area (Å²) < 4.78 is 9.87. The van der Waals surface area contributed by atoms with Crippen molar-refractivity contribution in [1.29, 1.82) is 0 Å². The third kappa shape index (κ3) is 2.98. The Bertz CT molecular complexity index is 462. The third-order valence-electron chi connectivity index (χ3n) is 3.48. The van der Waals surface area contributed by atoms with Crippen molar-refractivity contribution in [2.24, 2.45) is 5.92 Å². The standard InChI is InChI=1S/C14H20N2O3/c1-18-9-10-5-6-16(8-10)13-4-3-11(7-12(13)15)14(17)19-2/h3-4,7,10H,5-6,8-9,15H2,1-2H3. The Balaban J connectivity index is 2.11. The van der Waals surface area contributed by atoms with Gasteiger partial charge in [0.2, 0.25) is 0 Å². The summed E-state index contributed by atoms with van der Waals surface area (Å²) in [6, 6.07) is 5.31. The van der Waals surface area contributed by atoms with Gasteiger partial charge in [-0.25, -0.2) is 4.79 Å². The molecule has 1 aromatic carbocycles. The van der Waals surface area contributed by atoms with E-state index in [9.17, 15) is 4.79 Å². The average Bonchev–Trinajstić information content (AvgIpc) is 2.86. The topological polar surface area (TPSA) is 64.8 Å². The monoisotopic (exact) mass is 264 g/mol. The van der Waals surface area contributed by atoms with Gasteiger partial charge in [0.15, 0.2) is 0 Å². The van der Waals surface area contributed by atoms with Crippen LogP contribution in [0.15, 0.2) is 18.2 Å². The fourth-order valence-electron chi connectivity index (χ4n) is 2.51. The number of carbonyl (C=O) groups excluding carboxylic acids is 1. The minimum atomic E-state index is -0.364. The summed E-state index contributed by atoms with van der Waals surface area (Å²) in [4.78, 5) is 13.7. The predicted molar refractivity (Wildman–Crippen MR) is 74.4 cm³/mol. The van der Waals surface area contributed by atoms with Crippen LogP contribution in [-0.4, -0.2) is 39.9 Å². The first-order valence-electron chi connectivity index (χ1n) is 6.37. The van der Waals surface area contributed by atoms with Gasteiger partial charge in [-0.3, -0.25) is 0 Å². The van der Waals surface area contributed by atoms with Crippen LogP contribution in [0.5, 0.6) is 0 Å². The highest BCUT2D eigenvalue weighted by molar-refractivity contribution is 5.92. The fraction of sp³-hybridized carbons (Fsp3) is 0.500. The summed E-state index contributed by atoms with van der Waals surface area (Å²) >= 11 is 0. The lowest BCUT2D eigenvalue weighted by Gasteiger charge is -2.21. The fourth-order valence-corrected chi connectivity index (χ4v) is 2.51. The van der Waals surface area contributed by atoms with Crippen molar-refractivity contribution in [2.75, 3.05) is 44.5 Å². The van der Waals surface area contributed by atoms with E-state index in [4.69, 9.17) is 10.5 Å². The third-order valence-corrected chi connectivity index (χ3v) is 3.48. The van der Waals surface area contributed by atoms with E-state index in [1.165, 1.54) is 7.11 Å². The van der Waals surface area contributed by atoms with Crippen LogP contribution in [0.4, 0.5) is 11.4 Å². The number of ether oxygens (including phenoxy) is 2. The Hall–Kier alpha value is -1.75. The van der Waals surface area contributed by atoms with Crippen molar-refractivity contribution in [1.82, 2.24) is 0 Å². The zero-order chi connectivity index (χ0) is 13.8. The van der Waals surface area contributed by atoms with Crippen LogP contribution in [0.2, 0.25) is 0 Å². The van der Waals surface area contributed by atoms with E-state index in [0.717, 1.165) is 31.8 Å². The molecule has 1 heterocycles. The number of hydrogen-bond donors (Lipinski definition) is 1. The molecule has 0 aromatic heterocycles. The molecule has 0 radical (unpaired) electrons. The maximum atomic E-state index is 11.4. The molecule has 0 aliphatic carbocycles. The molecule has 1 saturated heterocycles. The van der Waals surface area contributed by atoms with Crippen LogP contribution in [0.3, 0.4) is 0 Å². The molecule has 19 heavy (non-hydrogen) atoms. The van der Waals surface area contributed by atoms with E-state index in [1.807, 2.05) is 6.07 Å². The molecule has 1 atom stereocenters. The number of esters is 1. The van der Waals surface area contributed by atoms with Crippen molar-refractivity contribution >= 4 is 17.3 Å². The Morgan fingerprint density at radius 1 is 1.47 bits per heavy atom. The number of nitrogen functional groups attached to an aromatic ring is 1. The molecule has 104 valence electrons. The Labute approximate surface area is 113 Å². The number of benzene rings is 1. The summed E-state index contributed by atoms with van der Waals surface area (Å²) in [5.74, 6) is 0.182. The minimum Gasteiger partial charge on any atom is -0.465 e. The number of methoxy groups -OCH3 is 2. The van der Waals surface area contributed by atoms with E-state index in [-0.39, 0.29) is 5.97 Å². The van der Waals surface area contributed by atoms with Crippen molar-refractivity contribution in [3.8, 4) is 0 Å². The van der Waals surface area contributed by atoms with Crippen LogP contribution in [0, 0.1) is 5.92 Å². The zero-order valence-corrected chi connectivity index (χ0v) is 11.4. The lowest BCUT2D eigenvalue weighted by Crippen LogP contribution is -2.22. The highest BCUT2D eigenvalue weighted by atomic mass is 16.5. The molecule has 1 fully saturated rings. The highest BCUT2D eigenvalue weighted by Crippen LogP contribution is 2.29. The quantitative estimate of drug-likeness (QED) is 0.660. The molecule has 5 nitrogen and oxygen atoms in total. The van der Waals surface area contributed by atoms with Crippen LogP contribution in [0.1, 0.15) is 16.8 Å². The maximum absolute atomic E-state index is 11.4. The maximum Gasteiger partial charge on any atom is 0.337 e. The van der Waals surface area contributed by atoms with Gasteiger partial charge in [-0.05, 0) is 24.6 Å². The van der Waals surface area contributed by atoms with Crippen molar-refractivity contribution in [3.05, 3.63) is 23.8 Å². The van der Waals surface area contributed by atoms with Gasteiger partial charge in [0.05, 0.1) is 30.7 Å². The first-order valence-corrected chi connectivity index (χ1v) is 6.37. The molecular formula is C14H20N2O3. The van der Waals surface area contributed by atoms with E-state index in [0.29, 0.717) is 17.2 Å². The van der Waals surface area contributed by atoms with Gasteiger partial charge in [0.25, 0.3) is 0 Å². The second-order valence-electron chi connectivity index (χ2n) is 4.82. The van der Waals surface area contributed by atoms with Gasteiger partial charge in [0.1, 0.15) is 0 Å². The average molecular weight is 264 g/mol. The van der Waals surface area contributed by atoms with E-state index >= 15 is 0 Å². The Kier molecular flexibility index (Phi) is 4.27. The van der Waals surface area contributed by atoms with Crippen LogP contribution >= 0.6 is 0 Å². The molecule has 0 amide bonds. The smallest absolute Gasteiger partial charge is 0.337 e. The predicted octanol–water partition coefficient (Wildman–Crippen LogP) is 1.53. The molecule has 0 saturated carbocycles. The summed E-state index contributed by atoms with van der Waals surface area (Å²) in [5.41, 5.74) is 8.11. The van der Waals surface area contributed by atoms with E-state index in [2.05, 4.69) is 9.64 Å². The van der Waals surface area contributed by atoms with Crippen LogP contribution < -0.4 is 10.6 Å². The largest absolute Gasteiger partial charge is 0.465 e. The van der Waals surface area contributed by atoms with Crippen molar-refractivity contribution in [3.63, 3.8) is 0 Å². The number of anilines is 2. The molecule has 1 unspecified atom stereocenters. The Morgan fingerprint density at radius 2 is 2.26 bits per heavy atom. The number of nitrogens with zero attached hydrogens (tertiary/aromatic N) is 1. The lowest BCUT2D eigenvalue weighted by molar-refractivity contribution is 0.0601. The van der Waals surface area contributed by atoms with Crippen LogP contribution in [0.25, 0.3) is 0 Å². The molecule has 5 heteroatoms. The number of hydrogen-bond acceptors (Lipinski definition) is 5. The number of nitrogens with two attached hydrogens (primary N) is 1. The highest BCUT2D eigenvalue weighted by Gasteiger charge is 2.24. The number of rotatable bonds is 4. The molecule has 2 N–H and O–H groups in total.